The van der Waals surface area contributed by atoms with Crippen molar-refractivity contribution in [1.82, 2.24) is 4.90 Å². The minimum atomic E-state index is 0.139. The number of likely N-dealkylation sites (tertiary alicyclic amines) is 1. The molecular weight excluding hydrogens is 264 g/mol. The van der Waals surface area contributed by atoms with Crippen molar-refractivity contribution in [3.8, 4) is 0 Å². The molecule has 2 fully saturated rings. The summed E-state index contributed by atoms with van der Waals surface area (Å²) in [7, 11) is 0. The predicted molar refractivity (Wildman–Crippen MR) is 83.8 cm³/mol. The summed E-state index contributed by atoms with van der Waals surface area (Å²) in [5, 5.41) is 3.39. The Bertz CT molecular complexity index is 518. The van der Waals surface area contributed by atoms with Crippen LogP contribution in [0.4, 0.5) is 5.69 Å². The zero-order valence-corrected chi connectivity index (χ0v) is 12.9. The summed E-state index contributed by atoms with van der Waals surface area (Å²) >= 11 is 0. The van der Waals surface area contributed by atoms with E-state index in [1.54, 1.807) is 0 Å². The zero-order valence-electron chi connectivity index (χ0n) is 12.9. The van der Waals surface area contributed by atoms with Crippen molar-refractivity contribution in [3.63, 3.8) is 0 Å². The maximum Gasteiger partial charge on any atom is 0.254 e. The molecular formula is C17H24N2O2. The summed E-state index contributed by atoms with van der Waals surface area (Å²) in [6, 6.07) is 5.95. The number of carbonyl (C=O) groups excluding carboxylic acids is 1. The van der Waals surface area contributed by atoms with Gasteiger partial charge in [0, 0.05) is 30.9 Å². The van der Waals surface area contributed by atoms with Crippen LogP contribution in [0, 0.1) is 6.92 Å². The number of hydrogen-bond acceptors (Lipinski definition) is 3. The maximum absolute atomic E-state index is 12.6. The van der Waals surface area contributed by atoms with E-state index in [1.165, 1.54) is 0 Å². The molecule has 114 valence electrons. The molecule has 2 aliphatic rings. The number of ether oxygens (including phenoxy) is 1. The molecule has 0 radical (unpaired) electrons. The summed E-state index contributed by atoms with van der Waals surface area (Å²) in [6.07, 6.45) is 3.77. The van der Waals surface area contributed by atoms with Crippen LogP contribution < -0.4 is 5.32 Å². The molecule has 1 N–H and O–H groups in total. The van der Waals surface area contributed by atoms with Crippen molar-refractivity contribution in [2.24, 2.45) is 0 Å². The first-order valence-electron chi connectivity index (χ1n) is 7.96. The van der Waals surface area contributed by atoms with Gasteiger partial charge in [-0.2, -0.15) is 0 Å². The van der Waals surface area contributed by atoms with Crippen molar-refractivity contribution >= 4 is 11.6 Å². The van der Waals surface area contributed by atoms with Gasteiger partial charge in [-0.25, -0.2) is 0 Å². The normalized spacial score (nSPS) is 24.2. The van der Waals surface area contributed by atoms with E-state index in [9.17, 15) is 4.79 Å². The molecule has 2 bridgehead atoms. The number of morpholine rings is 1. The molecule has 1 amide bonds. The average molecular weight is 288 g/mol. The number of amides is 1. The molecule has 0 aliphatic carbocycles. The minimum absolute atomic E-state index is 0.139. The highest BCUT2D eigenvalue weighted by molar-refractivity contribution is 5.95. The third-order valence-electron chi connectivity index (χ3n) is 4.37. The lowest BCUT2D eigenvalue weighted by molar-refractivity contribution is -0.0303. The summed E-state index contributed by atoms with van der Waals surface area (Å²) in [5.74, 6) is 0.139. The quantitative estimate of drug-likeness (QED) is 0.926. The first kappa shape index (κ1) is 14.4. The average Bonchev–Trinajstić information content (AvgIpc) is 2.83. The number of fused-ring (bicyclic) bond motifs is 2. The number of aryl methyl sites for hydroxylation is 1. The Morgan fingerprint density at radius 2 is 2.05 bits per heavy atom. The second-order valence-electron chi connectivity index (χ2n) is 6.12. The lowest BCUT2D eigenvalue weighted by atomic mass is 10.1. The molecule has 0 saturated carbocycles. The summed E-state index contributed by atoms with van der Waals surface area (Å²) < 4.78 is 5.80. The molecule has 1 aromatic carbocycles. The van der Waals surface area contributed by atoms with Gasteiger partial charge in [0.2, 0.25) is 0 Å². The Labute approximate surface area is 126 Å². The van der Waals surface area contributed by atoms with E-state index in [2.05, 4.69) is 19.2 Å². The number of benzene rings is 1. The van der Waals surface area contributed by atoms with E-state index < -0.39 is 0 Å². The van der Waals surface area contributed by atoms with Gasteiger partial charge in [-0.3, -0.25) is 4.79 Å². The standard InChI is InChI=1S/C17H24N2O2/c1-3-8-18-16-7-4-13(9-12(16)2)17(20)19-10-14-5-6-15(11-19)21-14/h4,7,9,14-15,18H,3,5-6,8,10-11H2,1-2H3. The molecule has 3 rings (SSSR count). The molecule has 21 heavy (non-hydrogen) atoms. The Morgan fingerprint density at radius 1 is 1.33 bits per heavy atom. The number of carbonyl (C=O) groups is 1. The molecule has 4 heteroatoms. The van der Waals surface area contributed by atoms with E-state index in [1.807, 2.05) is 23.1 Å². The van der Waals surface area contributed by atoms with Gasteiger partial charge in [0.25, 0.3) is 5.91 Å². The lowest BCUT2D eigenvalue weighted by Gasteiger charge is -2.32. The monoisotopic (exact) mass is 288 g/mol. The van der Waals surface area contributed by atoms with E-state index in [0.717, 1.165) is 55.7 Å². The van der Waals surface area contributed by atoms with Crippen LogP contribution >= 0.6 is 0 Å². The molecule has 2 aliphatic heterocycles. The topological polar surface area (TPSA) is 41.6 Å². The van der Waals surface area contributed by atoms with Crippen LogP contribution in [0.1, 0.15) is 42.1 Å². The number of rotatable bonds is 4. The van der Waals surface area contributed by atoms with E-state index in [0.29, 0.717) is 0 Å². The van der Waals surface area contributed by atoms with Crippen molar-refractivity contribution < 1.29 is 9.53 Å². The van der Waals surface area contributed by atoms with Crippen LogP contribution in [0.2, 0.25) is 0 Å². The first-order chi connectivity index (χ1) is 10.2. The van der Waals surface area contributed by atoms with Gasteiger partial charge < -0.3 is 15.0 Å². The fourth-order valence-corrected chi connectivity index (χ4v) is 3.22. The zero-order chi connectivity index (χ0) is 14.8. The maximum atomic E-state index is 12.6. The van der Waals surface area contributed by atoms with Crippen molar-refractivity contribution in [2.75, 3.05) is 25.0 Å². The molecule has 2 saturated heterocycles. The molecule has 0 spiro atoms. The van der Waals surface area contributed by atoms with Crippen LogP contribution in [0.25, 0.3) is 0 Å². The van der Waals surface area contributed by atoms with Gasteiger partial charge in [-0.15, -0.1) is 0 Å². The van der Waals surface area contributed by atoms with E-state index in [-0.39, 0.29) is 18.1 Å². The smallest absolute Gasteiger partial charge is 0.254 e. The second kappa shape index (κ2) is 6.06. The first-order valence-corrected chi connectivity index (χ1v) is 7.96. The predicted octanol–water partition coefficient (Wildman–Crippen LogP) is 2.82. The van der Waals surface area contributed by atoms with E-state index in [4.69, 9.17) is 4.74 Å². The Morgan fingerprint density at radius 3 is 2.67 bits per heavy atom. The molecule has 0 aromatic heterocycles. The highest BCUT2D eigenvalue weighted by Gasteiger charge is 2.35. The van der Waals surface area contributed by atoms with Crippen molar-refractivity contribution in [3.05, 3.63) is 29.3 Å². The molecule has 2 atom stereocenters. The lowest BCUT2D eigenvalue weighted by Crippen LogP contribution is -2.45. The van der Waals surface area contributed by atoms with Gasteiger partial charge in [-0.05, 0) is 49.9 Å². The fourth-order valence-electron chi connectivity index (χ4n) is 3.22. The molecule has 4 nitrogen and oxygen atoms in total. The molecule has 1 aromatic rings. The van der Waals surface area contributed by atoms with E-state index >= 15 is 0 Å². The van der Waals surface area contributed by atoms with Gasteiger partial charge in [-0.1, -0.05) is 6.92 Å². The van der Waals surface area contributed by atoms with Crippen molar-refractivity contribution in [1.29, 1.82) is 0 Å². The largest absolute Gasteiger partial charge is 0.385 e. The van der Waals surface area contributed by atoms with Gasteiger partial charge in [0.15, 0.2) is 0 Å². The Kier molecular flexibility index (Phi) is 4.15. The fraction of sp³-hybridized carbons (Fsp3) is 0.588. The van der Waals surface area contributed by atoms with Crippen molar-refractivity contribution in [2.45, 2.75) is 45.3 Å². The highest BCUT2D eigenvalue weighted by atomic mass is 16.5. The number of hydrogen-bond donors (Lipinski definition) is 1. The number of nitrogens with one attached hydrogen (secondary N) is 1. The molecule has 2 heterocycles. The van der Waals surface area contributed by atoms with Crippen LogP contribution in [0.15, 0.2) is 18.2 Å². The number of anilines is 1. The van der Waals surface area contributed by atoms with Crippen LogP contribution in [-0.4, -0.2) is 42.6 Å². The summed E-state index contributed by atoms with van der Waals surface area (Å²) in [4.78, 5) is 14.6. The van der Waals surface area contributed by atoms with Crippen LogP contribution in [0.3, 0.4) is 0 Å². The SMILES string of the molecule is CCCNc1ccc(C(=O)N2CC3CCC(C2)O3)cc1C. The van der Waals surface area contributed by atoms with Gasteiger partial charge >= 0.3 is 0 Å². The third-order valence-corrected chi connectivity index (χ3v) is 4.37. The Balaban J connectivity index is 1.71. The number of nitrogens with zero attached hydrogens (tertiary/aromatic N) is 1. The van der Waals surface area contributed by atoms with Gasteiger partial charge in [0.1, 0.15) is 0 Å². The second-order valence-corrected chi connectivity index (χ2v) is 6.12. The van der Waals surface area contributed by atoms with Crippen LogP contribution in [0.5, 0.6) is 0 Å². The van der Waals surface area contributed by atoms with Crippen LogP contribution in [-0.2, 0) is 4.74 Å². The molecule has 2 unspecified atom stereocenters. The van der Waals surface area contributed by atoms with Gasteiger partial charge in [0.05, 0.1) is 12.2 Å². The Hall–Kier alpha value is -1.55. The highest BCUT2D eigenvalue weighted by Crippen LogP contribution is 2.27. The minimum Gasteiger partial charge on any atom is -0.385 e. The summed E-state index contributed by atoms with van der Waals surface area (Å²) in [6.45, 7) is 6.64. The third kappa shape index (κ3) is 3.05. The summed E-state index contributed by atoms with van der Waals surface area (Å²) in [5.41, 5.74) is 3.04.